The summed E-state index contributed by atoms with van der Waals surface area (Å²) in [6.07, 6.45) is 3.11. The van der Waals surface area contributed by atoms with Crippen LogP contribution in [0.4, 0.5) is 23.1 Å². The fourth-order valence-electron chi connectivity index (χ4n) is 3.59. The van der Waals surface area contributed by atoms with Gasteiger partial charge in [-0.2, -0.15) is 4.98 Å². The fourth-order valence-corrected chi connectivity index (χ4v) is 3.59. The van der Waals surface area contributed by atoms with Crippen LogP contribution in [0.3, 0.4) is 0 Å². The van der Waals surface area contributed by atoms with Crippen LogP contribution in [0.25, 0.3) is 0 Å². The minimum Gasteiger partial charge on any atom is -0.366 e. The molecule has 8 nitrogen and oxygen atoms in total. The van der Waals surface area contributed by atoms with Crippen LogP contribution in [0.15, 0.2) is 54.7 Å². The van der Waals surface area contributed by atoms with Crippen LogP contribution in [0, 0.1) is 0 Å². The molecule has 0 unspecified atom stereocenters. The zero-order chi connectivity index (χ0) is 21.1. The molecule has 0 radical (unpaired) electrons. The number of nitrogens with zero attached hydrogens (tertiary/aromatic N) is 2. The van der Waals surface area contributed by atoms with Crippen molar-refractivity contribution in [3.05, 3.63) is 71.4 Å². The van der Waals surface area contributed by atoms with Gasteiger partial charge in [-0.25, -0.2) is 4.98 Å². The molecule has 5 N–H and O–H groups in total. The Balaban J connectivity index is 1.55. The minimum atomic E-state index is -0.591. The normalized spacial score (nSPS) is 12.8. The molecule has 0 bridgehead atoms. The first-order chi connectivity index (χ1) is 14.5. The van der Waals surface area contributed by atoms with Crippen molar-refractivity contribution in [2.45, 2.75) is 25.8 Å². The maximum Gasteiger partial charge on any atom is 0.254 e. The molecule has 2 amide bonds. The number of carbonyl (C=O) groups is 2. The molecule has 3 aromatic rings. The number of nitrogens with one attached hydrogen (secondary N) is 3. The van der Waals surface area contributed by atoms with Gasteiger partial charge < -0.3 is 21.7 Å². The molecular formula is C22H22N6O2. The van der Waals surface area contributed by atoms with E-state index in [4.69, 9.17) is 5.73 Å². The van der Waals surface area contributed by atoms with Gasteiger partial charge in [0.05, 0.1) is 5.56 Å². The second-order valence-electron chi connectivity index (χ2n) is 7.23. The summed E-state index contributed by atoms with van der Waals surface area (Å²) in [4.78, 5) is 31.8. The van der Waals surface area contributed by atoms with Gasteiger partial charge in [0.2, 0.25) is 11.9 Å². The highest BCUT2D eigenvalue weighted by Crippen LogP contribution is 2.26. The highest BCUT2D eigenvalue weighted by Gasteiger charge is 2.23. The zero-order valence-electron chi connectivity index (χ0n) is 16.5. The summed E-state index contributed by atoms with van der Waals surface area (Å²) >= 11 is 0. The van der Waals surface area contributed by atoms with E-state index in [2.05, 4.69) is 38.1 Å². The molecular weight excluding hydrogens is 380 g/mol. The predicted octanol–water partition coefficient (Wildman–Crippen LogP) is 2.86. The molecule has 0 saturated carbocycles. The Morgan fingerprint density at radius 2 is 1.73 bits per heavy atom. The molecule has 0 fully saturated rings. The van der Waals surface area contributed by atoms with Gasteiger partial charge in [0.15, 0.2) is 0 Å². The van der Waals surface area contributed by atoms with Crippen molar-refractivity contribution >= 4 is 35.0 Å². The highest BCUT2D eigenvalue weighted by atomic mass is 16.1. The number of aromatic nitrogens is 2. The van der Waals surface area contributed by atoms with E-state index in [1.807, 2.05) is 18.2 Å². The lowest BCUT2D eigenvalue weighted by Crippen LogP contribution is -2.24. The van der Waals surface area contributed by atoms with Crippen molar-refractivity contribution < 1.29 is 9.59 Å². The third-order valence-electron chi connectivity index (χ3n) is 4.89. The number of amides is 2. The van der Waals surface area contributed by atoms with Crippen LogP contribution >= 0.6 is 0 Å². The topological polar surface area (TPSA) is 122 Å². The molecule has 1 aliphatic rings. The Morgan fingerprint density at radius 3 is 2.40 bits per heavy atom. The van der Waals surface area contributed by atoms with E-state index in [9.17, 15) is 9.59 Å². The van der Waals surface area contributed by atoms with Crippen LogP contribution < -0.4 is 21.7 Å². The largest absolute Gasteiger partial charge is 0.366 e. The molecule has 152 valence electrons. The smallest absolute Gasteiger partial charge is 0.254 e. The van der Waals surface area contributed by atoms with E-state index < -0.39 is 5.91 Å². The Morgan fingerprint density at radius 1 is 1.03 bits per heavy atom. The number of benzene rings is 2. The Kier molecular flexibility index (Phi) is 5.30. The summed E-state index contributed by atoms with van der Waals surface area (Å²) in [5.41, 5.74) is 9.70. The third kappa shape index (κ3) is 4.38. The lowest BCUT2D eigenvalue weighted by Gasteiger charge is -2.16. The fraction of sp³-hybridized carbons (Fsp3) is 0.182. The first-order valence-electron chi connectivity index (χ1n) is 9.63. The van der Waals surface area contributed by atoms with E-state index in [1.54, 1.807) is 18.2 Å². The van der Waals surface area contributed by atoms with Crippen molar-refractivity contribution in [1.29, 1.82) is 0 Å². The van der Waals surface area contributed by atoms with Gasteiger partial charge >= 0.3 is 0 Å². The average molecular weight is 402 g/mol. The number of primary amides is 1. The molecule has 30 heavy (non-hydrogen) atoms. The third-order valence-corrected chi connectivity index (χ3v) is 4.89. The summed E-state index contributed by atoms with van der Waals surface area (Å²) in [5.74, 6) is -0.0284. The van der Waals surface area contributed by atoms with Gasteiger partial charge in [0, 0.05) is 30.5 Å². The number of nitrogens with two attached hydrogens (primary N) is 1. The second kappa shape index (κ2) is 8.20. The zero-order valence-corrected chi connectivity index (χ0v) is 16.5. The molecule has 2 aromatic carbocycles. The molecule has 1 aliphatic carbocycles. The van der Waals surface area contributed by atoms with Gasteiger partial charge in [-0.3, -0.25) is 9.59 Å². The summed E-state index contributed by atoms with van der Waals surface area (Å²) in [7, 11) is 0. The maximum atomic E-state index is 11.9. The van der Waals surface area contributed by atoms with E-state index in [-0.39, 0.29) is 17.5 Å². The standard InChI is InChI=1S/C22H22N6O2/c1-13(29)25-16-7-4-8-17(11-16)27-22-24-12-19(20(23)30)21(28-22)26-18-9-14-5-2-3-6-15(14)10-18/h2-8,11-12,18H,9-10H2,1H3,(H2,23,30)(H,25,29)(H2,24,26,27,28). The van der Waals surface area contributed by atoms with Crippen LogP contribution in [-0.2, 0) is 17.6 Å². The summed E-state index contributed by atoms with van der Waals surface area (Å²) in [6.45, 7) is 1.45. The van der Waals surface area contributed by atoms with Crippen LogP contribution in [0.2, 0.25) is 0 Å². The maximum absolute atomic E-state index is 11.9. The molecule has 4 rings (SSSR count). The number of hydrogen-bond donors (Lipinski definition) is 4. The van der Waals surface area contributed by atoms with E-state index in [0.29, 0.717) is 23.1 Å². The van der Waals surface area contributed by atoms with Crippen molar-refractivity contribution in [3.63, 3.8) is 0 Å². The summed E-state index contributed by atoms with van der Waals surface area (Å²) < 4.78 is 0. The van der Waals surface area contributed by atoms with Gasteiger partial charge in [-0.15, -0.1) is 0 Å². The predicted molar refractivity (Wildman–Crippen MR) is 116 cm³/mol. The molecule has 0 saturated heterocycles. The lowest BCUT2D eigenvalue weighted by atomic mass is 10.1. The molecule has 0 atom stereocenters. The Hall–Kier alpha value is -3.94. The van der Waals surface area contributed by atoms with E-state index in [1.165, 1.54) is 24.2 Å². The van der Waals surface area contributed by atoms with Crippen molar-refractivity contribution in [2.24, 2.45) is 5.73 Å². The van der Waals surface area contributed by atoms with Crippen LogP contribution in [-0.4, -0.2) is 27.8 Å². The van der Waals surface area contributed by atoms with Crippen LogP contribution in [0.5, 0.6) is 0 Å². The van der Waals surface area contributed by atoms with Gasteiger partial charge in [-0.05, 0) is 42.2 Å². The monoisotopic (exact) mass is 402 g/mol. The lowest BCUT2D eigenvalue weighted by molar-refractivity contribution is -0.114. The number of fused-ring (bicyclic) bond motifs is 1. The molecule has 8 heteroatoms. The van der Waals surface area contributed by atoms with E-state index in [0.717, 1.165) is 12.8 Å². The van der Waals surface area contributed by atoms with Crippen molar-refractivity contribution in [1.82, 2.24) is 9.97 Å². The molecule has 1 heterocycles. The first kappa shape index (κ1) is 19.4. The summed E-state index contributed by atoms with van der Waals surface area (Å²) in [5, 5.41) is 9.18. The Bertz CT molecular complexity index is 1090. The average Bonchev–Trinajstić information content (AvgIpc) is 3.10. The number of anilines is 4. The first-order valence-corrected chi connectivity index (χ1v) is 9.63. The summed E-state index contributed by atoms with van der Waals surface area (Å²) in [6, 6.07) is 15.6. The molecule has 1 aromatic heterocycles. The second-order valence-corrected chi connectivity index (χ2v) is 7.23. The highest BCUT2D eigenvalue weighted by molar-refractivity contribution is 5.97. The minimum absolute atomic E-state index is 0.117. The van der Waals surface area contributed by atoms with Gasteiger partial charge in [0.25, 0.3) is 5.91 Å². The van der Waals surface area contributed by atoms with Gasteiger partial charge in [-0.1, -0.05) is 30.3 Å². The number of carbonyl (C=O) groups excluding carboxylic acids is 2. The number of hydrogen-bond acceptors (Lipinski definition) is 6. The Labute approximate surface area is 173 Å². The van der Waals surface area contributed by atoms with Crippen molar-refractivity contribution in [2.75, 3.05) is 16.0 Å². The molecule has 0 aliphatic heterocycles. The van der Waals surface area contributed by atoms with Crippen molar-refractivity contribution in [3.8, 4) is 0 Å². The quantitative estimate of drug-likeness (QED) is 0.503. The van der Waals surface area contributed by atoms with Crippen LogP contribution in [0.1, 0.15) is 28.4 Å². The van der Waals surface area contributed by atoms with E-state index >= 15 is 0 Å². The SMILES string of the molecule is CC(=O)Nc1cccc(Nc2ncc(C(N)=O)c(NC3Cc4ccccc4C3)n2)c1. The van der Waals surface area contributed by atoms with Gasteiger partial charge in [0.1, 0.15) is 5.82 Å². The molecule has 0 spiro atoms. The number of rotatable bonds is 6.